The Morgan fingerprint density at radius 3 is 2.53 bits per heavy atom. The van der Waals surface area contributed by atoms with Gasteiger partial charge in [-0.1, -0.05) is 24.6 Å². The molecule has 2 saturated carbocycles. The Morgan fingerprint density at radius 2 is 1.74 bits per heavy atom. The van der Waals surface area contributed by atoms with Crippen LogP contribution in [-0.4, -0.2) is 11.6 Å². The molecule has 2 heteroatoms. The monoisotopic (exact) mass is 254 g/mol. The van der Waals surface area contributed by atoms with Crippen LogP contribution in [0.5, 0.6) is 0 Å². The second kappa shape index (κ2) is 3.56. The Kier molecular flexibility index (Phi) is 2.13. The zero-order valence-corrected chi connectivity index (χ0v) is 11.3. The summed E-state index contributed by atoms with van der Waals surface area (Å²) in [6, 6.07) is 5.71. The number of Topliss-reactive ketones (excluding diaryl/α,β-unsaturated/α-hetero) is 2. The van der Waals surface area contributed by atoms with Crippen molar-refractivity contribution in [1.29, 1.82) is 0 Å². The van der Waals surface area contributed by atoms with Crippen LogP contribution in [-0.2, 0) is 0 Å². The highest BCUT2D eigenvalue weighted by atomic mass is 16.1. The molecule has 1 aromatic rings. The topological polar surface area (TPSA) is 34.1 Å². The van der Waals surface area contributed by atoms with Gasteiger partial charge >= 0.3 is 0 Å². The van der Waals surface area contributed by atoms with Gasteiger partial charge in [-0.05, 0) is 43.6 Å². The van der Waals surface area contributed by atoms with Gasteiger partial charge in [-0.3, -0.25) is 9.59 Å². The first-order chi connectivity index (χ1) is 9.08. The van der Waals surface area contributed by atoms with Crippen LogP contribution < -0.4 is 0 Å². The van der Waals surface area contributed by atoms with Crippen molar-refractivity contribution in [2.75, 3.05) is 0 Å². The molecule has 4 rings (SSSR count). The fourth-order valence-corrected chi connectivity index (χ4v) is 4.85. The van der Waals surface area contributed by atoms with Crippen molar-refractivity contribution in [3.05, 3.63) is 34.9 Å². The first-order valence-electron chi connectivity index (χ1n) is 7.27. The Hall–Kier alpha value is -1.44. The highest BCUT2D eigenvalue weighted by Gasteiger charge is 2.58. The molecule has 0 radical (unpaired) electrons. The summed E-state index contributed by atoms with van der Waals surface area (Å²) < 4.78 is 0. The Labute approximate surface area is 113 Å². The van der Waals surface area contributed by atoms with Gasteiger partial charge in [0, 0.05) is 23.0 Å². The van der Waals surface area contributed by atoms with Crippen molar-refractivity contribution >= 4 is 11.6 Å². The van der Waals surface area contributed by atoms with Gasteiger partial charge < -0.3 is 0 Å². The molecule has 0 aromatic heterocycles. The minimum atomic E-state index is -0.0172. The number of rotatable bonds is 0. The number of fused-ring (bicyclic) bond motifs is 6. The van der Waals surface area contributed by atoms with E-state index in [1.165, 1.54) is 0 Å². The molecule has 19 heavy (non-hydrogen) atoms. The lowest BCUT2D eigenvalue weighted by Gasteiger charge is -2.36. The molecule has 3 aliphatic carbocycles. The van der Waals surface area contributed by atoms with E-state index in [0.717, 1.165) is 18.4 Å². The van der Waals surface area contributed by atoms with E-state index in [1.807, 2.05) is 25.1 Å². The maximum Gasteiger partial charge on any atom is 0.167 e. The number of ketones is 2. The summed E-state index contributed by atoms with van der Waals surface area (Å²) in [6.45, 7) is 4.22. The Morgan fingerprint density at radius 1 is 1.00 bits per heavy atom. The van der Waals surface area contributed by atoms with E-state index in [9.17, 15) is 9.59 Å². The minimum Gasteiger partial charge on any atom is -0.294 e. The fraction of sp³-hybridized carbons (Fsp3) is 0.529. The largest absolute Gasteiger partial charge is 0.294 e. The van der Waals surface area contributed by atoms with Crippen molar-refractivity contribution in [2.24, 2.45) is 29.6 Å². The second-order valence-electron chi connectivity index (χ2n) is 6.70. The van der Waals surface area contributed by atoms with E-state index >= 15 is 0 Å². The van der Waals surface area contributed by atoms with E-state index in [-0.39, 0.29) is 23.4 Å². The maximum absolute atomic E-state index is 12.7. The molecule has 1 aromatic carbocycles. The van der Waals surface area contributed by atoms with E-state index in [0.29, 0.717) is 28.9 Å². The van der Waals surface area contributed by atoms with Crippen LogP contribution in [0.2, 0.25) is 0 Å². The van der Waals surface area contributed by atoms with Gasteiger partial charge in [-0.15, -0.1) is 0 Å². The van der Waals surface area contributed by atoms with Crippen LogP contribution in [0.15, 0.2) is 18.2 Å². The Balaban J connectivity index is 1.88. The van der Waals surface area contributed by atoms with Crippen LogP contribution in [0.4, 0.5) is 0 Å². The molecule has 2 bridgehead atoms. The number of carbonyl (C=O) groups is 2. The molecule has 2 fully saturated rings. The third-order valence-corrected chi connectivity index (χ3v) is 5.65. The summed E-state index contributed by atoms with van der Waals surface area (Å²) >= 11 is 0. The molecule has 0 amide bonds. The molecular weight excluding hydrogens is 236 g/mol. The van der Waals surface area contributed by atoms with Gasteiger partial charge in [0.15, 0.2) is 11.6 Å². The van der Waals surface area contributed by atoms with Crippen molar-refractivity contribution in [1.82, 2.24) is 0 Å². The van der Waals surface area contributed by atoms with Gasteiger partial charge in [0.25, 0.3) is 0 Å². The van der Waals surface area contributed by atoms with Gasteiger partial charge in [0.2, 0.25) is 0 Å². The SMILES string of the molecule is Cc1ccc2c(c1)C(=O)C1C3CC(C)C(C3)C1C2=O. The van der Waals surface area contributed by atoms with Crippen molar-refractivity contribution in [3.8, 4) is 0 Å². The average molecular weight is 254 g/mol. The van der Waals surface area contributed by atoms with Gasteiger partial charge in [0.1, 0.15) is 0 Å². The minimum absolute atomic E-state index is 0.0111. The third-order valence-electron chi connectivity index (χ3n) is 5.65. The van der Waals surface area contributed by atoms with E-state index in [1.54, 1.807) is 0 Å². The lowest BCUT2D eigenvalue weighted by Crippen LogP contribution is -2.42. The molecule has 0 aliphatic heterocycles. The molecular formula is C17H18O2. The predicted octanol–water partition coefficient (Wildman–Crippen LogP) is 3.28. The van der Waals surface area contributed by atoms with Crippen LogP contribution in [0, 0.1) is 36.5 Å². The quantitative estimate of drug-likeness (QED) is 0.712. The number of hydrogen-bond acceptors (Lipinski definition) is 2. The van der Waals surface area contributed by atoms with Gasteiger partial charge in [0.05, 0.1) is 0 Å². The molecule has 0 spiro atoms. The Bertz CT molecular complexity index is 601. The molecule has 0 saturated heterocycles. The summed E-state index contributed by atoms with van der Waals surface area (Å²) in [5.74, 6) is 1.95. The summed E-state index contributed by atoms with van der Waals surface area (Å²) in [5.41, 5.74) is 2.43. The van der Waals surface area contributed by atoms with Crippen LogP contribution >= 0.6 is 0 Å². The number of hydrogen-bond donors (Lipinski definition) is 0. The lowest BCUT2D eigenvalue weighted by molar-refractivity contribution is 0.0615. The standard InChI is InChI=1S/C17H18O2/c1-8-3-4-11-13(5-8)17(19)14-10-6-9(2)12(7-10)15(14)16(11)18/h3-5,9-10,12,14-15H,6-7H2,1-2H3. The normalized spacial score (nSPS) is 39.4. The van der Waals surface area contributed by atoms with E-state index < -0.39 is 0 Å². The highest BCUT2D eigenvalue weighted by molar-refractivity contribution is 6.16. The molecule has 0 N–H and O–H groups in total. The van der Waals surface area contributed by atoms with Crippen LogP contribution in [0.3, 0.4) is 0 Å². The third kappa shape index (κ3) is 1.32. The zero-order valence-electron chi connectivity index (χ0n) is 11.3. The van der Waals surface area contributed by atoms with Crippen molar-refractivity contribution < 1.29 is 9.59 Å². The fourth-order valence-electron chi connectivity index (χ4n) is 4.85. The van der Waals surface area contributed by atoms with E-state index in [4.69, 9.17) is 0 Å². The van der Waals surface area contributed by atoms with E-state index in [2.05, 4.69) is 6.92 Å². The molecule has 2 nitrogen and oxygen atoms in total. The summed E-state index contributed by atoms with van der Waals surface area (Å²) in [6.07, 6.45) is 2.22. The zero-order chi connectivity index (χ0) is 13.3. The summed E-state index contributed by atoms with van der Waals surface area (Å²) in [5, 5.41) is 0. The molecule has 0 heterocycles. The predicted molar refractivity (Wildman–Crippen MR) is 72.2 cm³/mol. The lowest BCUT2D eigenvalue weighted by atomic mass is 9.65. The first-order valence-corrected chi connectivity index (χ1v) is 7.27. The number of benzene rings is 1. The second-order valence-corrected chi connectivity index (χ2v) is 6.70. The van der Waals surface area contributed by atoms with Crippen molar-refractivity contribution in [2.45, 2.75) is 26.7 Å². The van der Waals surface area contributed by atoms with Gasteiger partial charge in [-0.25, -0.2) is 0 Å². The summed E-state index contributed by atoms with van der Waals surface area (Å²) in [7, 11) is 0. The first kappa shape index (κ1) is 11.4. The number of aryl methyl sites for hydroxylation is 1. The average Bonchev–Trinajstić information content (AvgIpc) is 2.92. The van der Waals surface area contributed by atoms with Crippen LogP contribution in [0.25, 0.3) is 0 Å². The molecule has 98 valence electrons. The maximum atomic E-state index is 12.7. The molecule has 5 unspecified atom stereocenters. The van der Waals surface area contributed by atoms with Gasteiger partial charge in [-0.2, -0.15) is 0 Å². The smallest absolute Gasteiger partial charge is 0.167 e. The van der Waals surface area contributed by atoms with Crippen molar-refractivity contribution in [3.63, 3.8) is 0 Å². The summed E-state index contributed by atoms with van der Waals surface area (Å²) in [4.78, 5) is 25.5. The number of carbonyl (C=O) groups excluding carboxylic acids is 2. The van der Waals surface area contributed by atoms with Crippen LogP contribution in [0.1, 0.15) is 46.0 Å². The molecule has 5 atom stereocenters. The highest BCUT2D eigenvalue weighted by Crippen LogP contribution is 2.58. The molecule has 3 aliphatic rings.